The van der Waals surface area contributed by atoms with Gasteiger partial charge in [-0.2, -0.15) is 0 Å². The van der Waals surface area contributed by atoms with Crippen molar-refractivity contribution in [3.63, 3.8) is 0 Å². The summed E-state index contributed by atoms with van der Waals surface area (Å²) in [7, 11) is 0. The van der Waals surface area contributed by atoms with Gasteiger partial charge in [0, 0.05) is 11.7 Å². The van der Waals surface area contributed by atoms with Crippen LogP contribution in [0.2, 0.25) is 10.0 Å². The van der Waals surface area contributed by atoms with Gasteiger partial charge >= 0.3 is 0 Å². The maximum atomic E-state index is 11.3. The number of carbonyl (C=O) groups is 1. The Morgan fingerprint density at radius 2 is 2.04 bits per heavy atom. The molecule has 1 amide bonds. The summed E-state index contributed by atoms with van der Waals surface area (Å²) in [6, 6.07) is 5.21. The van der Waals surface area contributed by atoms with Crippen LogP contribution in [0.3, 0.4) is 0 Å². The summed E-state index contributed by atoms with van der Waals surface area (Å²) >= 11 is 13.6. The van der Waals surface area contributed by atoms with E-state index >= 15 is 0 Å². The highest BCUT2D eigenvalue weighted by molar-refractivity contribution is 7.99. The van der Waals surface area contributed by atoms with Crippen LogP contribution in [0, 0.1) is 0 Å². The number of halogens is 2. The molecule has 9 heteroatoms. The number of aromatic nitrogens is 3. The van der Waals surface area contributed by atoms with Crippen LogP contribution in [0.15, 0.2) is 23.4 Å². The third kappa shape index (κ3) is 4.15. The number of carbonyl (C=O) groups excluding carboxylic acids is 1. The van der Waals surface area contributed by atoms with Crippen LogP contribution in [0.5, 0.6) is 5.75 Å². The first-order valence-corrected chi connectivity index (χ1v) is 9.21. The van der Waals surface area contributed by atoms with Crippen LogP contribution < -0.4 is 10.5 Å². The van der Waals surface area contributed by atoms with Crippen molar-refractivity contribution >= 4 is 40.9 Å². The molecule has 2 aromatic rings. The number of amides is 1. The molecule has 0 spiro atoms. The van der Waals surface area contributed by atoms with Crippen molar-refractivity contribution in [2.24, 2.45) is 5.73 Å². The molecule has 3 rings (SSSR count). The van der Waals surface area contributed by atoms with Gasteiger partial charge in [-0.25, -0.2) is 0 Å². The second-order valence-corrected chi connectivity index (χ2v) is 7.29. The number of benzene rings is 1. The third-order valence-corrected chi connectivity index (χ3v) is 5.01. The van der Waals surface area contributed by atoms with Crippen molar-refractivity contribution in [3.8, 4) is 5.75 Å². The number of para-hydroxylation sites is 1. The normalized spacial score (nSPS) is 13.9. The maximum Gasteiger partial charge on any atom is 0.237 e. The van der Waals surface area contributed by atoms with Crippen molar-refractivity contribution in [1.82, 2.24) is 14.8 Å². The van der Waals surface area contributed by atoms with E-state index in [1.54, 1.807) is 22.8 Å². The lowest BCUT2D eigenvalue weighted by Crippen LogP contribution is -2.20. The Bertz CT molecular complexity index is 729. The van der Waals surface area contributed by atoms with Gasteiger partial charge in [0.05, 0.1) is 16.7 Å². The number of ether oxygens (including phenoxy) is 1. The van der Waals surface area contributed by atoms with Gasteiger partial charge in [-0.05, 0) is 25.0 Å². The highest BCUT2D eigenvalue weighted by atomic mass is 35.5. The Morgan fingerprint density at radius 1 is 1.33 bits per heavy atom. The molecule has 6 nitrogen and oxygen atoms in total. The van der Waals surface area contributed by atoms with Crippen LogP contribution >= 0.6 is 35.0 Å². The van der Waals surface area contributed by atoms with E-state index in [4.69, 9.17) is 33.7 Å². The van der Waals surface area contributed by atoms with Gasteiger partial charge in [0.1, 0.15) is 12.4 Å². The summed E-state index contributed by atoms with van der Waals surface area (Å²) in [6.07, 6.45) is 2.16. The van der Waals surface area contributed by atoms with Crippen molar-refractivity contribution < 1.29 is 9.53 Å². The zero-order valence-electron chi connectivity index (χ0n) is 12.7. The van der Waals surface area contributed by atoms with Gasteiger partial charge in [-0.1, -0.05) is 41.0 Å². The van der Waals surface area contributed by atoms with Crippen molar-refractivity contribution in [3.05, 3.63) is 34.1 Å². The smallest absolute Gasteiger partial charge is 0.237 e. The van der Waals surface area contributed by atoms with Crippen molar-refractivity contribution in [2.75, 3.05) is 12.4 Å². The van der Waals surface area contributed by atoms with Gasteiger partial charge < -0.3 is 10.5 Å². The predicted molar refractivity (Wildman–Crippen MR) is 93.9 cm³/mol. The molecule has 0 aliphatic heterocycles. The van der Waals surface area contributed by atoms with E-state index < -0.39 is 5.91 Å². The molecule has 24 heavy (non-hydrogen) atoms. The van der Waals surface area contributed by atoms with Gasteiger partial charge in [0.2, 0.25) is 5.91 Å². The number of rotatable bonds is 8. The molecule has 128 valence electrons. The molecular formula is C15H16Cl2N4O2S. The first kappa shape index (κ1) is 17.4. The molecule has 2 N–H and O–H groups in total. The quantitative estimate of drug-likeness (QED) is 0.556. The summed E-state index contributed by atoms with van der Waals surface area (Å²) in [4.78, 5) is 11.3. The van der Waals surface area contributed by atoms with Gasteiger partial charge in [0.15, 0.2) is 10.9 Å². The number of hydrogen-bond donors (Lipinski definition) is 1. The molecule has 0 atom stereocenters. The molecule has 1 aliphatic carbocycles. The third-order valence-electron chi connectivity index (χ3n) is 3.48. The molecule has 0 radical (unpaired) electrons. The number of nitrogens with zero attached hydrogens (tertiary/aromatic N) is 3. The molecular weight excluding hydrogens is 371 g/mol. The minimum Gasteiger partial charge on any atom is -0.490 e. The fourth-order valence-electron chi connectivity index (χ4n) is 2.25. The van der Waals surface area contributed by atoms with Crippen LogP contribution in [-0.4, -0.2) is 33.0 Å². The van der Waals surface area contributed by atoms with E-state index in [0.717, 1.165) is 18.7 Å². The van der Waals surface area contributed by atoms with Crippen LogP contribution in [0.4, 0.5) is 0 Å². The summed E-state index contributed by atoms with van der Waals surface area (Å²) in [5.41, 5.74) is 5.33. The second-order valence-electron chi connectivity index (χ2n) is 5.42. The zero-order valence-corrected chi connectivity index (χ0v) is 15.1. The topological polar surface area (TPSA) is 83.0 Å². The lowest BCUT2D eigenvalue weighted by Gasteiger charge is -2.10. The Balaban J connectivity index is 1.59. The van der Waals surface area contributed by atoms with Gasteiger partial charge in [0.25, 0.3) is 0 Å². The molecule has 1 heterocycles. The number of thioether (sulfide) groups is 1. The molecule has 1 aromatic carbocycles. The molecule has 0 unspecified atom stereocenters. The van der Waals surface area contributed by atoms with E-state index in [1.165, 1.54) is 11.8 Å². The van der Waals surface area contributed by atoms with E-state index in [2.05, 4.69) is 10.2 Å². The molecule has 1 fully saturated rings. The van der Waals surface area contributed by atoms with Crippen LogP contribution in [-0.2, 0) is 11.3 Å². The summed E-state index contributed by atoms with van der Waals surface area (Å²) in [5, 5.41) is 9.98. The highest BCUT2D eigenvalue weighted by Gasteiger charge is 2.30. The van der Waals surface area contributed by atoms with E-state index in [-0.39, 0.29) is 6.54 Å². The standard InChI is InChI=1S/C15H16Cl2N4O2S/c16-10-2-1-3-11(17)13(10)23-6-7-24-15-20-19-14(9-4-5-9)21(15)8-12(18)22/h1-3,9H,4-8H2,(H2,18,22). The first-order valence-electron chi connectivity index (χ1n) is 7.47. The Hall–Kier alpha value is -1.44. The monoisotopic (exact) mass is 386 g/mol. The van der Waals surface area contributed by atoms with Crippen molar-refractivity contribution in [2.45, 2.75) is 30.5 Å². The fraction of sp³-hybridized carbons (Fsp3) is 0.400. The number of nitrogens with two attached hydrogens (primary N) is 1. The minimum atomic E-state index is -0.405. The highest BCUT2D eigenvalue weighted by Crippen LogP contribution is 2.40. The summed E-state index contributed by atoms with van der Waals surface area (Å²) in [6.45, 7) is 0.495. The summed E-state index contributed by atoms with van der Waals surface area (Å²) in [5.74, 6) is 1.91. The van der Waals surface area contributed by atoms with Gasteiger partial charge in [-0.15, -0.1) is 10.2 Å². The van der Waals surface area contributed by atoms with Crippen LogP contribution in [0.1, 0.15) is 24.6 Å². The maximum absolute atomic E-state index is 11.3. The van der Waals surface area contributed by atoms with E-state index in [0.29, 0.717) is 39.2 Å². The van der Waals surface area contributed by atoms with E-state index in [9.17, 15) is 4.79 Å². The Kier molecular flexibility index (Phi) is 5.53. The molecule has 1 saturated carbocycles. The first-order chi connectivity index (χ1) is 11.6. The lowest BCUT2D eigenvalue weighted by molar-refractivity contribution is -0.118. The Labute approximate surface area is 153 Å². The van der Waals surface area contributed by atoms with E-state index in [1.807, 2.05) is 0 Å². The SMILES string of the molecule is NC(=O)Cn1c(SCCOc2c(Cl)cccc2Cl)nnc1C1CC1. The summed E-state index contributed by atoms with van der Waals surface area (Å²) < 4.78 is 7.44. The molecule has 0 bridgehead atoms. The minimum absolute atomic E-state index is 0.0956. The van der Waals surface area contributed by atoms with Crippen LogP contribution in [0.25, 0.3) is 0 Å². The fourth-order valence-corrected chi connectivity index (χ4v) is 3.52. The second kappa shape index (κ2) is 7.63. The van der Waals surface area contributed by atoms with Crippen molar-refractivity contribution in [1.29, 1.82) is 0 Å². The lowest BCUT2D eigenvalue weighted by atomic mass is 10.3. The molecule has 1 aromatic heterocycles. The Morgan fingerprint density at radius 3 is 2.67 bits per heavy atom. The average molecular weight is 387 g/mol. The predicted octanol–water partition coefficient (Wildman–Crippen LogP) is 3.12. The zero-order chi connectivity index (χ0) is 17.1. The molecule has 0 saturated heterocycles. The largest absolute Gasteiger partial charge is 0.490 e. The average Bonchev–Trinajstić information content (AvgIpc) is 3.29. The van der Waals surface area contributed by atoms with Gasteiger partial charge in [-0.3, -0.25) is 9.36 Å². The number of primary amides is 1. The molecule has 1 aliphatic rings. The number of hydrogen-bond acceptors (Lipinski definition) is 5.